The van der Waals surface area contributed by atoms with Gasteiger partial charge in [-0.2, -0.15) is 0 Å². The Bertz CT molecular complexity index is 853. The Hall–Kier alpha value is -2.60. The summed E-state index contributed by atoms with van der Waals surface area (Å²) in [5.74, 6) is -1.37. The molecule has 1 heterocycles. The van der Waals surface area contributed by atoms with E-state index in [4.69, 9.17) is 0 Å². The van der Waals surface area contributed by atoms with Crippen LogP contribution in [0.2, 0.25) is 0 Å². The van der Waals surface area contributed by atoms with Crippen LogP contribution in [0.4, 0.5) is 0 Å². The van der Waals surface area contributed by atoms with Gasteiger partial charge in [0.05, 0.1) is 6.10 Å². The Kier molecular flexibility index (Phi) is 6.29. The molecule has 1 aromatic heterocycles. The van der Waals surface area contributed by atoms with E-state index in [1.807, 2.05) is 42.1 Å². The second kappa shape index (κ2) is 8.86. The molecule has 1 atom stereocenters. The Labute approximate surface area is 159 Å². The summed E-state index contributed by atoms with van der Waals surface area (Å²) in [4.78, 5) is 23.9. The third-order valence-electron chi connectivity index (χ3n) is 5.07. The number of nitrogens with zero attached hydrogens (tertiary/aromatic N) is 1. The van der Waals surface area contributed by atoms with Crippen molar-refractivity contribution < 1.29 is 14.7 Å². The van der Waals surface area contributed by atoms with Crippen molar-refractivity contribution in [3.8, 4) is 0 Å². The van der Waals surface area contributed by atoms with Crippen molar-refractivity contribution in [2.75, 3.05) is 13.1 Å². The number of benzene rings is 1. The highest BCUT2D eigenvalue weighted by molar-refractivity contribution is 6.35. The number of nitrogens with one attached hydrogen (secondary N) is 2. The molecular formula is C21H27N3O3. The van der Waals surface area contributed by atoms with E-state index in [1.54, 1.807) is 0 Å². The van der Waals surface area contributed by atoms with Gasteiger partial charge in [-0.15, -0.1) is 0 Å². The molecule has 0 aliphatic heterocycles. The minimum Gasteiger partial charge on any atom is -0.386 e. The fourth-order valence-electron chi connectivity index (χ4n) is 3.57. The Morgan fingerprint density at radius 3 is 2.74 bits per heavy atom. The topological polar surface area (TPSA) is 83.4 Å². The average Bonchev–Trinajstić information content (AvgIpc) is 3.03. The molecule has 0 fully saturated rings. The zero-order valence-electron chi connectivity index (χ0n) is 15.7. The van der Waals surface area contributed by atoms with Crippen LogP contribution in [0, 0.1) is 0 Å². The molecule has 6 nitrogen and oxygen atoms in total. The first-order chi connectivity index (χ1) is 13.1. The van der Waals surface area contributed by atoms with E-state index in [2.05, 4.69) is 16.7 Å². The summed E-state index contributed by atoms with van der Waals surface area (Å²) in [5.41, 5.74) is 3.10. The van der Waals surface area contributed by atoms with Gasteiger partial charge in [-0.25, -0.2) is 0 Å². The standard InChI is InChI=1S/C21H27N3O3/c1-24-14-17(16-9-5-6-10-18(16)24)19(25)13-23-21(27)20(26)22-12-11-15-7-3-2-4-8-15/h5-7,9-10,14,19,25H,2-4,8,11-13H2,1H3,(H,22,26)(H,23,27)/t19-/m0/s1. The summed E-state index contributed by atoms with van der Waals surface area (Å²) in [5, 5.41) is 16.5. The molecule has 6 heteroatoms. The number of fused-ring (bicyclic) bond motifs is 1. The predicted molar refractivity (Wildman–Crippen MR) is 105 cm³/mol. The maximum atomic E-state index is 12.0. The quantitative estimate of drug-likeness (QED) is 0.540. The van der Waals surface area contributed by atoms with E-state index < -0.39 is 17.9 Å². The molecule has 0 saturated heterocycles. The number of carbonyl (C=O) groups is 2. The van der Waals surface area contributed by atoms with Gasteiger partial charge in [0.15, 0.2) is 0 Å². The largest absolute Gasteiger partial charge is 0.386 e. The lowest BCUT2D eigenvalue weighted by Crippen LogP contribution is -2.41. The van der Waals surface area contributed by atoms with Crippen LogP contribution >= 0.6 is 0 Å². The molecule has 0 spiro atoms. The first-order valence-corrected chi connectivity index (χ1v) is 9.52. The smallest absolute Gasteiger partial charge is 0.309 e. The van der Waals surface area contributed by atoms with Gasteiger partial charge in [0, 0.05) is 42.8 Å². The number of carbonyl (C=O) groups excluding carboxylic acids is 2. The number of aromatic nitrogens is 1. The summed E-state index contributed by atoms with van der Waals surface area (Å²) in [6.45, 7) is 0.454. The predicted octanol–water partition coefficient (Wildman–Crippen LogP) is 2.33. The van der Waals surface area contributed by atoms with Gasteiger partial charge >= 0.3 is 11.8 Å². The lowest BCUT2D eigenvalue weighted by atomic mass is 9.97. The number of rotatable bonds is 6. The van der Waals surface area contributed by atoms with Crippen LogP contribution in [-0.2, 0) is 16.6 Å². The maximum absolute atomic E-state index is 12.0. The summed E-state index contributed by atoms with van der Waals surface area (Å²) in [6.07, 6.45) is 8.62. The zero-order valence-corrected chi connectivity index (χ0v) is 15.7. The minimum atomic E-state index is -0.875. The molecule has 0 radical (unpaired) electrons. The van der Waals surface area contributed by atoms with Gasteiger partial charge in [0.1, 0.15) is 0 Å². The summed E-state index contributed by atoms with van der Waals surface area (Å²) in [6, 6.07) is 7.75. The zero-order chi connectivity index (χ0) is 19.2. The number of aliphatic hydroxyl groups is 1. The molecule has 1 aliphatic carbocycles. The molecular weight excluding hydrogens is 342 g/mol. The number of aliphatic hydroxyl groups excluding tert-OH is 1. The van der Waals surface area contributed by atoms with Crippen LogP contribution in [0.3, 0.4) is 0 Å². The summed E-state index contributed by atoms with van der Waals surface area (Å²) >= 11 is 0. The molecule has 0 unspecified atom stereocenters. The van der Waals surface area contributed by atoms with Crippen molar-refractivity contribution in [2.45, 2.75) is 38.2 Å². The first kappa shape index (κ1) is 19.2. The summed E-state index contributed by atoms with van der Waals surface area (Å²) in [7, 11) is 1.91. The molecule has 3 N–H and O–H groups in total. The fourth-order valence-corrected chi connectivity index (χ4v) is 3.57. The van der Waals surface area contributed by atoms with E-state index in [0.29, 0.717) is 6.54 Å². The van der Waals surface area contributed by atoms with E-state index >= 15 is 0 Å². The van der Waals surface area contributed by atoms with Crippen molar-refractivity contribution in [3.05, 3.63) is 47.7 Å². The molecule has 27 heavy (non-hydrogen) atoms. The Balaban J connectivity index is 1.47. The van der Waals surface area contributed by atoms with E-state index in [-0.39, 0.29) is 6.54 Å². The van der Waals surface area contributed by atoms with Crippen LogP contribution in [0.15, 0.2) is 42.1 Å². The van der Waals surface area contributed by atoms with E-state index in [1.165, 1.54) is 18.4 Å². The van der Waals surface area contributed by atoms with Crippen molar-refractivity contribution in [1.82, 2.24) is 15.2 Å². The van der Waals surface area contributed by atoms with Crippen molar-refractivity contribution in [1.29, 1.82) is 0 Å². The monoisotopic (exact) mass is 369 g/mol. The maximum Gasteiger partial charge on any atom is 0.309 e. The molecule has 2 aromatic rings. The summed E-state index contributed by atoms with van der Waals surface area (Å²) < 4.78 is 1.93. The third-order valence-corrected chi connectivity index (χ3v) is 5.07. The highest BCUT2D eigenvalue weighted by Gasteiger charge is 2.18. The lowest BCUT2D eigenvalue weighted by molar-refractivity contribution is -0.139. The lowest BCUT2D eigenvalue weighted by Gasteiger charge is -2.13. The number of para-hydroxylation sites is 1. The Morgan fingerprint density at radius 2 is 1.96 bits per heavy atom. The SMILES string of the molecule is Cn1cc([C@@H](O)CNC(=O)C(=O)NCCC2=CCCCC2)c2ccccc21. The Morgan fingerprint density at radius 1 is 1.19 bits per heavy atom. The molecule has 144 valence electrons. The number of aryl methyl sites for hydroxylation is 1. The fraction of sp³-hybridized carbons (Fsp3) is 0.429. The number of hydrogen-bond donors (Lipinski definition) is 3. The van der Waals surface area contributed by atoms with E-state index in [0.717, 1.165) is 35.7 Å². The molecule has 1 aliphatic rings. The van der Waals surface area contributed by atoms with Crippen LogP contribution < -0.4 is 10.6 Å². The van der Waals surface area contributed by atoms with Crippen molar-refractivity contribution in [3.63, 3.8) is 0 Å². The highest BCUT2D eigenvalue weighted by Crippen LogP contribution is 2.25. The van der Waals surface area contributed by atoms with Gasteiger partial charge in [-0.3, -0.25) is 9.59 Å². The first-order valence-electron chi connectivity index (χ1n) is 9.52. The molecule has 3 rings (SSSR count). The number of amides is 2. The normalized spacial score (nSPS) is 15.3. The van der Waals surface area contributed by atoms with Crippen LogP contribution in [0.25, 0.3) is 10.9 Å². The van der Waals surface area contributed by atoms with Gasteiger partial charge in [-0.1, -0.05) is 29.8 Å². The molecule has 1 aromatic carbocycles. The molecule has 0 bridgehead atoms. The highest BCUT2D eigenvalue weighted by atomic mass is 16.3. The molecule has 0 saturated carbocycles. The average molecular weight is 369 g/mol. The van der Waals surface area contributed by atoms with Crippen molar-refractivity contribution >= 4 is 22.7 Å². The van der Waals surface area contributed by atoms with Crippen LogP contribution in [0.5, 0.6) is 0 Å². The van der Waals surface area contributed by atoms with Crippen LogP contribution in [0.1, 0.15) is 43.8 Å². The van der Waals surface area contributed by atoms with Gasteiger partial charge in [-0.05, 0) is 38.2 Å². The molecule has 2 amide bonds. The van der Waals surface area contributed by atoms with Crippen LogP contribution in [-0.4, -0.2) is 34.6 Å². The van der Waals surface area contributed by atoms with Gasteiger partial charge in [0.25, 0.3) is 0 Å². The second-order valence-electron chi connectivity index (χ2n) is 7.05. The van der Waals surface area contributed by atoms with Gasteiger partial charge in [0.2, 0.25) is 0 Å². The second-order valence-corrected chi connectivity index (χ2v) is 7.05. The van der Waals surface area contributed by atoms with Crippen molar-refractivity contribution in [2.24, 2.45) is 7.05 Å². The van der Waals surface area contributed by atoms with Gasteiger partial charge < -0.3 is 20.3 Å². The third kappa shape index (κ3) is 4.77. The van der Waals surface area contributed by atoms with E-state index in [9.17, 15) is 14.7 Å². The minimum absolute atomic E-state index is 0.00852. The number of allylic oxidation sites excluding steroid dienone is 1. The number of hydrogen-bond acceptors (Lipinski definition) is 3.